The number of amides is 1. The molecule has 0 aromatic carbocycles. The van der Waals surface area contributed by atoms with Crippen LogP contribution in [0.15, 0.2) is 18.3 Å². The molecule has 1 aromatic heterocycles. The molecule has 0 bridgehead atoms. The average molecular weight is 252 g/mol. The summed E-state index contributed by atoms with van der Waals surface area (Å²) in [7, 11) is 0. The zero-order valence-electron chi connectivity index (χ0n) is 11.5. The SMILES string of the molecule is CC(C)Oc1ccc(NC(=O)OC(C)(C)C)nc1. The minimum Gasteiger partial charge on any atom is -0.489 e. The number of anilines is 1. The molecule has 0 aliphatic carbocycles. The summed E-state index contributed by atoms with van der Waals surface area (Å²) < 4.78 is 10.6. The largest absolute Gasteiger partial charge is 0.489 e. The van der Waals surface area contributed by atoms with E-state index in [-0.39, 0.29) is 6.10 Å². The van der Waals surface area contributed by atoms with Gasteiger partial charge in [-0.05, 0) is 46.8 Å². The summed E-state index contributed by atoms with van der Waals surface area (Å²) in [6, 6.07) is 3.42. The van der Waals surface area contributed by atoms with Crippen molar-refractivity contribution in [1.29, 1.82) is 0 Å². The number of carbonyl (C=O) groups excluding carboxylic acids is 1. The Morgan fingerprint density at radius 2 is 2.00 bits per heavy atom. The number of aromatic nitrogens is 1. The van der Waals surface area contributed by atoms with Crippen molar-refractivity contribution in [3.63, 3.8) is 0 Å². The van der Waals surface area contributed by atoms with E-state index in [1.807, 2.05) is 13.8 Å². The highest BCUT2D eigenvalue weighted by atomic mass is 16.6. The van der Waals surface area contributed by atoms with E-state index >= 15 is 0 Å². The molecule has 5 heteroatoms. The number of nitrogens with zero attached hydrogens (tertiary/aromatic N) is 1. The van der Waals surface area contributed by atoms with E-state index in [1.165, 1.54) is 0 Å². The third-order valence-electron chi connectivity index (χ3n) is 1.74. The van der Waals surface area contributed by atoms with Crippen LogP contribution in [-0.2, 0) is 4.74 Å². The van der Waals surface area contributed by atoms with Gasteiger partial charge in [0.05, 0.1) is 12.3 Å². The second-order valence-corrected chi connectivity index (χ2v) is 5.17. The van der Waals surface area contributed by atoms with Crippen LogP contribution >= 0.6 is 0 Å². The Hall–Kier alpha value is -1.78. The number of hydrogen-bond donors (Lipinski definition) is 1. The Labute approximate surface area is 108 Å². The van der Waals surface area contributed by atoms with Gasteiger partial charge in [-0.25, -0.2) is 9.78 Å². The van der Waals surface area contributed by atoms with Crippen molar-refractivity contribution in [2.45, 2.75) is 46.3 Å². The molecule has 1 heterocycles. The maximum absolute atomic E-state index is 11.5. The van der Waals surface area contributed by atoms with Crippen LogP contribution in [0.2, 0.25) is 0 Å². The number of ether oxygens (including phenoxy) is 2. The van der Waals surface area contributed by atoms with Crippen LogP contribution in [-0.4, -0.2) is 22.8 Å². The topological polar surface area (TPSA) is 60.5 Å². The maximum atomic E-state index is 11.5. The highest BCUT2D eigenvalue weighted by Gasteiger charge is 2.16. The van der Waals surface area contributed by atoms with Gasteiger partial charge in [-0.15, -0.1) is 0 Å². The molecular weight excluding hydrogens is 232 g/mol. The second kappa shape index (κ2) is 5.71. The number of carbonyl (C=O) groups is 1. The lowest BCUT2D eigenvalue weighted by molar-refractivity contribution is 0.0635. The Morgan fingerprint density at radius 1 is 1.33 bits per heavy atom. The summed E-state index contributed by atoms with van der Waals surface area (Å²) in [6.45, 7) is 9.29. The fourth-order valence-corrected chi connectivity index (χ4v) is 1.20. The highest BCUT2D eigenvalue weighted by Crippen LogP contribution is 2.14. The molecule has 5 nitrogen and oxygen atoms in total. The van der Waals surface area contributed by atoms with Gasteiger partial charge in [0.1, 0.15) is 17.2 Å². The Bertz CT molecular complexity index is 394. The third-order valence-corrected chi connectivity index (χ3v) is 1.74. The molecule has 1 amide bonds. The molecule has 18 heavy (non-hydrogen) atoms. The molecule has 0 saturated carbocycles. The van der Waals surface area contributed by atoms with Crippen molar-refractivity contribution < 1.29 is 14.3 Å². The second-order valence-electron chi connectivity index (χ2n) is 5.17. The van der Waals surface area contributed by atoms with E-state index in [0.717, 1.165) is 0 Å². The van der Waals surface area contributed by atoms with Crippen molar-refractivity contribution in [2.24, 2.45) is 0 Å². The van der Waals surface area contributed by atoms with Gasteiger partial charge in [-0.3, -0.25) is 5.32 Å². The van der Waals surface area contributed by atoms with Gasteiger partial charge >= 0.3 is 6.09 Å². The van der Waals surface area contributed by atoms with Crippen molar-refractivity contribution in [3.8, 4) is 5.75 Å². The van der Waals surface area contributed by atoms with Crippen molar-refractivity contribution >= 4 is 11.9 Å². The summed E-state index contributed by atoms with van der Waals surface area (Å²) in [5, 5.41) is 2.55. The predicted octanol–water partition coefficient (Wildman–Crippen LogP) is 3.22. The summed E-state index contributed by atoms with van der Waals surface area (Å²) in [5.74, 6) is 1.10. The van der Waals surface area contributed by atoms with Crippen LogP contribution in [0.1, 0.15) is 34.6 Å². The Kier molecular flexibility index (Phi) is 4.53. The van der Waals surface area contributed by atoms with Crippen LogP contribution in [0.25, 0.3) is 0 Å². The molecule has 0 radical (unpaired) electrons. The lowest BCUT2D eigenvalue weighted by atomic mass is 10.2. The first-order valence-electron chi connectivity index (χ1n) is 5.89. The van der Waals surface area contributed by atoms with Gasteiger partial charge in [0.2, 0.25) is 0 Å². The van der Waals surface area contributed by atoms with Crippen LogP contribution in [0.5, 0.6) is 5.75 Å². The molecule has 1 aromatic rings. The molecular formula is C13H20N2O3. The predicted molar refractivity (Wildman–Crippen MR) is 69.9 cm³/mol. The molecule has 0 saturated heterocycles. The van der Waals surface area contributed by atoms with Gasteiger partial charge in [-0.1, -0.05) is 0 Å². The van der Waals surface area contributed by atoms with E-state index in [9.17, 15) is 4.79 Å². The monoisotopic (exact) mass is 252 g/mol. The van der Waals surface area contributed by atoms with E-state index in [1.54, 1.807) is 39.1 Å². The van der Waals surface area contributed by atoms with Gasteiger partial charge < -0.3 is 9.47 Å². The minimum absolute atomic E-state index is 0.0939. The summed E-state index contributed by atoms with van der Waals surface area (Å²) >= 11 is 0. The third kappa shape index (κ3) is 5.52. The average Bonchev–Trinajstić information content (AvgIpc) is 2.17. The first-order chi connectivity index (χ1) is 8.26. The van der Waals surface area contributed by atoms with E-state index in [2.05, 4.69) is 10.3 Å². The van der Waals surface area contributed by atoms with Gasteiger partial charge in [0.15, 0.2) is 0 Å². The maximum Gasteiger partial charge on any atom is 0.413 e. The molecule has 1 rings (SSSR count). The first-order valence-corrected chi connectivity index (χ1v) is 5.89. The van der Waals surface area contributed by atoms with E-state index < -0.39 is 11.7 Å². The molecule has 0 atom stereocenters. The van der Waals surface area contributed by atoms with Crippen LogP contribution < -0.4 is 10.1 Å². The molecule has 0 spiro atoms. The van der Waals surface area contributed by atoms with Crippen molar-refractivity contribution in [3.05, 3.63) is 18.3 Å². The molecule has 0 fully saturated rings. The highest BCUT2D eigenvalue weighted by molar-refractivity contribution is 5.83. The van der Waals surface area contributed by atoms with Gasteiger partial charge in [0.25, 0.3) is 0 Å². The number of pyridine rings is 1. The number of hydrogen-bond acceptors (Lipinski definition) is 4. The molecule has 0 aliphatic heterocycles. The van der Waals surface area contributed by atoms with Crippen LogP contribution in [0.3, 0.4) is 0 Å². The zero-order valence-corrected chi connectivity index (χ0v) is 11.5. The number of rotatable bonds is 3. The zero-order chi connectivity index (χ0) is 13.8. The Morgan fingerprint density at radius 3 is 2.44 bits per heavy atom. The summed E-state index contributed by atoms with van der Waals surface area (Å²) in [6.07, 6.45) is 1.14. The van der Waals surface area contributed by atoms with E-state index in [4.69, 9.17) is 9.47 Å². The molecule has 1 N–H and O–H groups in total. The van der Waals surface area contributed by atoms with Crippen LogP contribution in [0, 0.1) is 0 Å². The molecule has 0 unspecified atom stereocenters. The lowest BCUT2D eigenvalue weighted by Crippen LogP contribution is -2.27. The molecule has 100 valence electrons. The first kappa shape index (κ1) is 14.3. The smallest absolute Gasteiger partial charge is 0.413 e. The lowest BCUT2D eigenvalue weighted by Gasteiger charge is -2.19. The van der Waals surface area contributed by atoms with Crippen molar-refractivity contribution in [1.82, 2.24) is 4.98 Å². The normalized spacial score (nSPS) is 11.2. The fraction of sp³-hybridized carbons (Fsp3) is 0.538. The van der Waals surface area contributed by atoms with Crippen molar-refractivity contribution in [2.75, 3.05) is 5.32 Å². The summed E-state index contributed by atoms with van der Waals surface area (Å²) in [4.78, 5) is 15.6. The minimum atomic E-state index is -0.523. The fourth-order valence-electron chi connectivity index (χ4n) is 1.20. The summed E-state index contributed by atoms with van der Waals surface area (Å²) in [5.41, 5.74) is -0.523. The molecule has 0 aliphatic rings. The van der Waals surface area contributed by atoms with Gasteiger partial charge in [-0.2, -0.15) is 0 Å². The number of nitrogens with one attached hydrogen (secondary N) is 1. The van der Waals surface area contributed by atoms with Gasteiger partial charge in [0, 0.05) is 0 Å². The standard InChI is InChI=1S/C13H20N2O3/c1-9(2)17-10-6-7-11(14-8-10)15-12(16)18-13(3,4)5/h6-9H,1-5H3,(H,14,15,16). The Balaban J connectivity index is 2.56. The quantitative estimate of drug-likeness (QED) is 0.897. The van der Waals surface area contributed by atoms with Crippen LogP contribution in [0.4, 0.5) is 10.6 Å². The van der Waals surface area contributed by atoms with E-state index in [0.29, 0.717) is 11.6 Å².